The second kappa shape index (κ2) is 15.3. The molecule has 1 saturated heterocycles. The Morgan fingerprint density at radius 2 is 1.63 bits per heavy atom. The summed E-state index contributed by atoms with van der Waals surface area (Å²) >= 11 is 1.08. The molecule has 1 aliphatic heterocycles. The Bertz CT molecular complexity index is 1430. The molecule has 0 bridgehead atoms. The summed E-state index contributed by atoms with van der Waals surface area (Å²) in [4.78, 5) is 54.5. The first kappa shape index (κ1) is 31.7. The fraction of sp³-hybridized carbons (Fsp3) is 0.312. The van der Waals surface area contributed by atoms with Gasteiger partial charge in [-0.3, -0.25) is 4.79 Å². The van der Waals surface area contributed by atoms with E-state index in [9.17, 15) is 28.0 Å². The zero-order valence-corrected chi connectivity index (χ0v) is 24.4. The van der Waals surface area contributed by atoms with Gasteiger partial charge in [-0.05, 0) is 43.2 Å². The van der Waals surface area contributed by atoms with Crippen LogP contribution in [0.1, 0.15) is 52.5 Å². The molecule has 43 heavy (non-hydrogen) atoms. The van der Waals surface area contributed by atoms with Gasteiger partial charge in [-0.2, -0.15) is 0 Å². The molecule has 1 aliphatic rings. The maximum atomic E-state index is 14.6. The summed E-state index contributed by atoms with van der Waals surface area (Å²) in [6.45, 7) is 1.71. The predicted molar refractivity (Wildman–Crippen MR) is 158 cm³/mol. The topological polar surface area (TPSA) is 93.2 Å². The van der Waals surface area contributed by atoms with Crippen LogP contribution in [0, 0.1) is 11.6 Å². The van der Waals surface area contributed by atoms with E-state index >= 15 is 0 Å². The van der Waals surface area contributed by atoms with Gasteiger partial charge >= 0.3 is 18.2 Å². The number of esters is 1. The minimum absolute atomic E-state index is 0.130. The standard InChI is InChI=1S/C32H32F2N2O6S/c1-2-3-16-41-32(40)36-21-27(43-30(38)23-12-8-5-9-13-23)18-26(36)20-35(19-24-17-25(33)14-15-28(24)34)31(39)42-29(37)22-10-6-4-7-11-22/h4-15,17,26-27H,2-3,16,18-21H2,1H3/t26-,27+/m0/s1. The molecule has 4 rings (SSSR count). The molecule has 0 saturated carbocycles. The summed E-state index contributed by atoms with van der Waals surface area (Å²) in [5, 5.41) is -0.497. The molecule has 2 atom stereocenters. The van der Waals surface area contributed by atoms with Crippen molar-refractivity contribution in [3.05, 3.63) is 107 Å². The van der Waals surface area contributed by atoms with Crippen LogP contribution in [0.3, 0.4) is 0 Å². The van der Waals surface area contributed by atoms with Crippen molar-refractivity contribution in [2.24, 2.45) is 0 Å². The number of hydrogen-bond acceptors (Lipinski definition) is 7. The maximum Gasteiger partial charge on any atom is 0.418 e. The Morgan fingerprint density at radius 3 is 2.30 bits per heavy atom. The number of unbranched alkanes of at least 4 members (excludes halogenated alkanes) is 1. The van der Waals surface area contributed by atoms with Crippen LogP contribution in [0.5, 0.6) is 0 Å². The Balaban J connectivity index is 1.57. The molecule has 226 valence electrons. The number of ether oxygens (including phenoxy) is 2. The van der Waals surface area contributed by atoms with E-state index in [4.69, 9.17) is 9.47 Å². The lowest BCUT2D eigenvalue weighted by Crippen LogP contribution is -2.45. The number of carbonyl (C=O) groups excluding carboxylic acids is 4. The fourth-order valence-corrected chi connectivity index (χ4v) is 5.77. The van der Waals surface area contributed by atoms with Gasteiger partial charge in [0.05, 0.1) is 24.8 Å². The van der Waals surface area contributed by atoms with Crippen LogP contribution in [0.25, 0.3) is 0 Å². The van der Waals surface area contributed by atoms with Gasteiger partial charge in [-0.25, -0.2) is 23.2 Å². The molecule has 0 unspecified atom stereocenters. The van der Waals surface area contributed by atoms with E-state index in [-0.39, 0.29) is 41.2 Å². The lowest BCUT2D eigenvalue weighted by Gasteiger charge is -2.29. The average molecular weight is 611 g/mol. The second-order valence-corrected chi connectivity index (χ2v) is 11.3. The minimum atomic E-state index is -1.09. The van der Waals surface area contributed by atoms with Crippen LogP contribution in [0.15, 0.2) is 78.9 Å². The molecule has 0 spiro atoms. The molecule has 0 aromatic heterocycles. The average Bonchev–Trinajstić information content (AvgIpc) is 3.41. The molecular formula is C32H32F2N2O6S. The highest BCUT2D eigenvalue weighted by molar-refractivity contribution is 8.14. The quantitative estimate of drug-likeness (QED) is 0.143. The normalized spacial score (nSPS) is 16.0. The monoisotopic (exact) mass is 610 g/mol. The maximum absolute atomic E-state index is 14.6. The van der Waals surface area contributed by atoms with E-state index in [0.717, 1.165) is 41.3 Å². The summed E-state index contributed by atoms with van der Waals surface area (Å²) in [5.74, 6) is -2.37. The van der Waals surface area contributed by atoms with E-state index < -0.39 is 42.4 Å². The smallest absolute Gasteiger partial charge is 0.418 e. The van der Waals surface area contributed by atoms with E-state index in [1.807, 2.05) is 6.92 Å². The van der Waals surface area contributed by atoms with Gasteiger partial charge in [0.25, 0.3) is 0 Å². The number of amides is 2. The van der Waals surface area contributed by atoms with Crippen LogP contribution in [-0.2, 0) is 16.0 Å². The van der Waals surface area contributed by atoms with Crippen molar-refractivity contribution in [1.82, 2.24) is 9.80 Å². The molecular weight excluding hydrogens is 578 g/mol. The van der Waals surface area contributed by atoms with Crippen LogP contribution in [0.2, 0.25) is 0 Å². The first-order valence-electron chi connectivity index (χ1n) is 13.9. The summed E-state index contributed by atoms with van der Waals surface area (Å²) in [7, 11) is 0. The van der Waals surface area contributed by atoms with E-state index in [2.05, 4.69) is 0 Å². The summed E-state index contributed by atoms with van der Waals surface area (Å²) in [5.41, 5.74) is 0.509. The Kier molecular flexibility index (Phi) is 11.3. The largest absolute Gasteiger partial charge is 0.449 e. The Hall–Kier alpha value is -4.25. The number of hydrogen-bond donors (Lipinski definition) is 0. The Labute approximate surface area is 252 Å². The number of nitrogens with zero attached hydrogens (tertiary/aromatic N) is 2. The van der Waals surface area contributed by atoms with Gasteiger partial charge in [-0.15, -0.1) is 0 Å². The van der Waals surface area contributed by atoms with Crippen molar-refractivity contribution in [3.63, 3.8) is 0 Å². The molecule has 1 fully saturated rings. The number of carbonyl (C=O) groups is 4. The molecule has 2 amide bonds. The molecule has 0 N–H and O–H groups in total. The van der Waals surface area contributed by atoms with Gasteiger partial charge in [0.15, 0.2) is 0 Å². The summed E-state index contributed by atoms with van der Waals surface area (Å²) in [6.07, 6.45) is 0.0735. The second-order valence-electron chi connectivity index (χ2n) is 10.0. The van der Waals surface area contributed by atoms with Crippen molar-refractivity contribution in [3.8, 4) is 0 Å². The molecule has 0 aliphatic carbocycles. The van der Waals surface area contributed by atoms with E-state index in [1.54, 1.807) is 48.5 Å². The predicted octanol–water partition coefficient (Wildman–Crippen LogP) is 6.70. The van der Waals surface area contributed by atoms with Crippen molar-refractivity contribution in [2.75, 3.05) is 19.7 Å². The zero-order chi connectivity index (χ0) is 30.8. The number of halogens is 2. The van der Waals surface area contributed by atoms with Gasteiger partial charge in [-0.1, -0.05) is 73.6 Å². The minimum Gasteiger partial charge on any atom is -0.449 e. The van der Waals surface area contributed by atoms with Crippen molar-refractivity contribution in [2.45, 2.75) is 44.0 Å². The van der Waals surface area contributed by atoms with E-state index in [0.29, 0.717) is 18.4 Å². The highest BCUT2D eigenvalue weighted by Crippen LogP contribution is 2.31. The van der Waals surface area contributed by atoms with Crippen molar-refractivity contribution in [1.29, 1.82) is 0 Å². The fourth-order valence-electron chi connectivity index (χ4n) is 4.64. The van der Waals surface area contributed by atoms with Gasteiger partial charge in [0, 0.05) is 29.5 Å². The number of rotatable bonds is 10. The molecule has 3 aromatic rings. The first-order valence-corrected chi connectivity index (χ1v) is 14.8. The third kappa shape index (κ3) is 8.87. The summed E-state index contributed by atoms with van der Waals surface area (Å²) in [6, 6.07) is 18.8. The Morgan fingerprint density at radius 1 is 0.953 bits per heavy atom. The third-order valence-corrected chi connectivity index (χ3v) is 7.99. The summed E-state index contributed by atoms with van der Waals surface area (Å²) < 4.78 is 39.2. The third-order valence-electron chi connectivity index (χ3n) is 6.87. The van der Waals surface area contributed by atoms with Crippen LogP contribution in [0.4, 0.5) is 18.4 Å². The van der Waals surface area contributed by atoms with Crippen LogP contribution >= 0.6 is 11.8 Å². The molecule has 11 heteroatoms. The molecule has 3 aromatic carbocycles. The van der Waals surface area contributed by atoms with Crippen LogP contribution < -0.4 is 0 Å². The number of benzene rings is 3. The van der Waals surface area contributed by atoms with Crippen LogP contribution in [-0.4, -0.2) is 64.1 Å². The van der Waals surface area contributed by atoms with Crippen molar-refractivity contribution >= 4 is 35.0 Å². The number of likely N-dealkylation sites (tertiary alicyclic amines) is 1. The SMILES string of the molecule is CCCCOC(=O)N1C[C@H](SC(=O)c2ccccc2)C[C@H]1CN(Cc1cc(F)ccc1F)C(=O)OC(=O)c1ccccc1. The molecule has 1 heterocycles. The molecule has 0 radical (unpaired) electrons. The lowest BCUT2D eigenvalue weighted by molar-refractivity contribution is 0.0493. The highest BCUT2D eigenvalue weighted by atomic mass is 32.2. The lowest BCUT2D eigenvalue weighted by atomic mass is 10.1. The highest BCUT2D eigenvalue weighted by Gasteiger charge is 2.40. The number of thioether (sulfide) groups is 1. The van der Waals surface area contributed by atoms with E-state index in [1.165, 1.54) is 17.0 Å². The zero-order valence-electron chi connectivity index (χ0n) is 23.6. The van der Waals surface area contributed by atoms with Gasteiger partial charge < -0.3 is 19.3 Å². The van der Waals surface area contributed by atoms with Gasteiger partial charge in [0.1, 0.15) is 11.6 Å². The van der Waals surface area contributed by atoms with Crippen molar-refractivity contribution < 1.29 is 37.4 Å². The molecule has 8 nitrogen and oxygen atoms in total. The van der Waals surface area contributed by atoms with Gasteiger partial charge in [0.2, 0.25) is 5.12 Å². The first-order chi connectivity index (χ1) is 20.7.